The van der Waals surface area contributed by atoms with Crippen LogP contribution in [0, 0.1) is 0 Å². The lowest BCUT2D eigenvalue weighted by Gasteiger charge is -2.09. The number of hydrogen-bond donors (Lipinski definition) is 2. The second-order valence-electron chi connectivity index (χ2n) is 4.16. The summed E-state index contributed by atoms with van der Waals surface area (Å²) in [6.07, 6.45) is 1.45. The summed E-state index contributed by atoms with van der Waals surface area (Å²) in [5, 5.41) is 0. The average molecular weight is 256 g/mol. The monoisotopic (exact) mass is 256 g/mol. The Morgan fingerprint density at radius 3 is 2.71 bits per heavy atom. The number of aryl methyl sites for hydroxylation is 1. The van der Waals surface area contributed by atoms with Crippen molar-refractivity contribution in [3.63, 3.8) is 0 Å². The Kier molecular flexibility index (Phi) is 5.11. The Morgan fingerprint density at radius 2 is 2.12 bits per heavy atom. The van der Waals surface area contributed by atoms with E-state index >= 15 is 0 Å². The molecule has 5 heteroatoms. The Labute approximate surface area is 103 Å². The van der Waals surface area contributed by atoms with E-state index in [-0.39, 0.29) is 6.04 Å². The molecular formula is C12H20N2O2S. The number of nitrogens with two attached hydrogens (primary N) is 1. The minimum absolute atomic E-state index is 0.000300. The van der Waals surface area contributed by atoms with Crippen LogP contribution in [0.4, 0.5) is 0 Å². The topological polar surface area (TPSA) is 72.2 Å². The van der Waals surface area contributed by atoms with Gasteiger partial charge in [0, 0.05) is 12.6 Å². The van der Waals surface area contributed by atoms with Gasteiger partial charge in [0.05, 0.1) is 4.90 Å². The molecule has 0 radical (unpaired) electrons. The van der Waals surface area contributed by atoms with E-state index in [2.05, 4.69) is 4.72 Å². The highest BCUT2D eigenvalue weighted by atomic mass is 32.2. The van der Waals surface area contributed by atoms with Crippen LogP contribution in [-0.2, 0) is 16.4 Å². The Balaban J connectivity index is 2.75. The quantitative estimate of drug-likeness (QED) is 0.805. The second kappa shape index (κ2) is 6.14. The SMILES string of the molecule is CCc1cccc(S(=O)(=O)NCCC(C)N)c1. The number of rotatable bonds is 6. The molecule has 0 saturated carbocycles. The zero-order chi connectivity index (χ0) is 12.9. The van der Waals surface area contributed by atoms with Gasteiger partial charge in [0.25, 0.3) is 0 Å². The third kappa shape index (κ3) is 4.46. The molecule has 1 rings (SSSR count). The molecule has 0 fully saturated rings. The molecule has 0 aliphatic carbocycles. The average Bonchev–Trinajstić information content (AvgIpc) is 2.28. The van der Waals surface area contributed by atoms with Crippen molar-refractivity contribution in [2.24, 2.45) is 5.73 Å². The van der Waals surface area contributed by atoms with E-state index in [4.69, 9.17) is 5.73 Å². The summed E-state index contributed by atoms with van der Waals surface area (Å²) in [6, 6.07) is 6.99. The van der Waals surface area contributed by atoms with Crippen molar-refractivity contribution in [1.82, 2.24) is 4.72 Å². The molecule has 0 saturated heterocycles. The van der Waals surface area contributed by atoms with E-state index in [1.54, 1.807) is 18.2 Å². The molecule has 0 aromatic heterocycles. The van der Waals surface area contributed by atoms with Crippen molar-refractivity contribution in [2.75, 3.05) is 6.54 Å². The fourth-order valence-electron chi connectivity index (χ4n) is 1.44. The summed E-state index contributed by atoms with van der Waals surface area (Å²) in [6.45, 7) is 4.22. The lowest BCUT2D eigenvalue weighted by atomic mass is 10.2. The van der Waals surface area contributed by atoms with Gasteiger partial charge in [0.15, 0.2) is 0 Å². The molecule has 0 heterocycles. The highest BCUT2D eigenvalue weighted by Crippen LogP contribution is 2.11. The summed E-state index contributed by atoms with van der Waals surface area (Å²) in [4.78, 5) is 0.321. The fraction of sp³-hybridized carbons (Fsp3) is 0.500. The molecular weight excluding hydrogens is 236 g/mol. The molecule has 0 aliphatic rings. The van der Waals surface area contributed by atoms with Gasteiger partial charge in [-0.2, -0.15) is 0 Å². The molecule has 1 aromatic carbocycles. The summed E-state index contributed by atoms with van der Waals surface area (Å²) in [7, 11) is -3.39. The van der Waals surface area contributed by atoms with Gasteiger partial charge < -0.3 is 5.73 Å². The van der Waals surface area contributed by atoms with Gasteiger partial charge in [-0.1, -0.05) is 19.1 Å². The second-order valence-corrected chi connectivity index (χ2v) is 5.93. The van der Waals surface area contributed by atoms with Gasteiger partial charge in [-0.3, -0.25) is 0 Å². The molecule has 4 nitrogen and oxygen atoms in total. The Morgan fingerprint density at radius 1 is 1.41 bits per heavy atom. The van der Waals surface area contributed by atoms with Crippen LogP contribution in [0.3, 0.4) is 0 Å². The summed E-state index contributed by atoms with van der Waals surface area (Å²) < 4.78 is 26.4. The lowest BCUT2D eigenvalue weighted by molar-refractivity contribution is 0.571. The molecule has 0 aliphatic heterocycles. The van der Waals surface area contributed by atoms with Crippen LogP contribution in [0.5, 0.6) is 0 Å². The number of sulfonamides is 1. The molecule has 1 aromatic rings. The maximum Gasteiger partial charge on any atom is 0.240 e. The van der Waals surface area contributed by atoms with E-state index in [1.807, 2.05) is 19.9 Å². The van der Waals surface area contributed by atoms with Gasteiger partial charge >= 0.3 is 0 Å². The smallest absolute Gasteiger partial charge is 0.240 e. The van der Waals surface area contributed by atoms with Crippen LogP contribution in [0.2, 0.25) is 0 Å². The molecule has 1 atom stereocenters. The van der Waals surface area contributed by atoms with Gasteiger partial charge in [0.1, 0.15) is 0 Å². The largest absolute Gasteiger partial charge is 0.328 e. The first-order chi connectivity index (χ1) is 7.95. The van der Waals surface area contributed by atoms with E-state index < -0.39 is 10.0 Å². The zero-order valence-electron chi connectivity index (χ0n) is 10.3. The van der Waals surface area contributed by atoms with Crippen LogP contribution in [0.1, 0.15) is 25.8 Å². The van der Waals surface area contributed by atoms with Crippen molar-refractivity contribution < 1.29 is 8.42 Å². The highest BCUT2D eigenvalue weighted by Gasteiger charge is 2.13. The summed E-state index contributed by atoms with van der Waals surface area (Å²) in [5.41, 5.74) is 6.59. The molecule has 3 N–H and O–H groups in total. The molecule has 0 spiro atoms. The van der Waals surface area contributed by atoms with Crippen molar-refractivity contribution in [3.8, 4) is 0 Å². The molecule has 0 amide bonds. The lowest BCUT2D eigenvalue weighted by Crippen LogP contribution is -2.29. The van der Waals surface area contributed by atoms with E-state index in [0.717, 1.165) is 12.0 Å². The Bertz CT molecular complexity index is 455. The van der Waals surface area contributed by atoms with Crippen molar-refractivity contribution in [3.05, 3.63) is 29.8 Å². The minimum Gasteiger partial charge on any atom is -0.328 e. The summed E-state index contributed by atoms with van der Waals surface area (Å²) >= 11 is 0. The maximum atomic E-state index is 11.9. The zero-order valence-corrected chi connectivity index (χ0v) is 11.1. The fourth-order valence-corrected chi connectivity index (χ4v) is 2.55. The van der Waals surface area contributed by atoms with Crippen LogP contribution in [0.15, 0.2) is 29.2 Å². The predicted molar refractivity (Wildman–Crippen MR) is 69.3 cm³/mol. The van der Waals surface area contributed by atoms with Gasteiger partial charge in [-0.15, -0.1) is 0 Å². The molecule has 0 bridgehead atoms. The maximum absolute atomic E-state index is 11.9. The van der Waals surface area contributed by atoms with E-state index in [1.165, 1.54) is 0 Å². The van der Waals surface area contributed by atoms with Gasteiger partial charge in [0.2, 0.25) is 10.0 Å². The van der Waals surface area contributed by atoms with Gasteiger partial charge in [-0.25, -0.2) is 13.1 Å². The minimum atomic E-state index is -3.39. The molecule has 1 unspecified atom stereocenters. The first kappa shape index (κ1) is 14.2. The highest BCUT2D eigenvalue weighted by molar-refractivity contribution is 7.89. The van der Waals surface area contributed by atoms with Crippen molar-refractivity contribution in [1.29, 1.82) is 0 Å². The molecule has 17 heavy (non-hydrogen) atoms. The standard InChI is InChI=1S/C12H20N2O2S/c1-3-11-5-4-6-12(9-11)17(15,16)14-8-7-10(2)13/h4-6,9-10,14H,3,7-8,13H2,1-2H3. The third-order valence-corrected chi connectivity index (χ3v) is 3.97. The first-order valence-corrected chi connectivity index (χ1v) is 7.28. The predicted octanol–water partition coefficient (Wildman–Crippen LogP) is 1.26. The summed E-state index contributed by atoms with van der Waals surface area (Å²) in [5.74, 6) is 0. The third-order valence-electron chi connectivity index (χ3n) is 2.51. The Hall–Kier alpha value is -0.910. The molecule has 96 valence electrons. The van der Waals surface area contributed by atoms with Crippen LogP contribution in [-0.4, -0.2) is 21.0 Å². The van der Waals surface area contributed by atoms with Crippen LogP contribution >= 0.6 is 0 Å². The number of hydrogen-bond acceptors (Lipinski definition) is 3. The normalized spacial score (nSPS) is 13.6. The van der Waals surface area contributed by atoms with E-state index in [0.29, 0.717) is 17.9 Å². The van der Waals surface area contributed by atoms with Crippen molar-refractivity contribution >= 4 is 10.0 Å². The van der Waals surface area contributed by atoms with Gasteiger partial charge in [-0.05, 0) is 37.5 Å². The first-order valence-electron chi connectivity index (χ1n) is 5.80. The van der Waals surface area contributed by atoms with Crippen molar-refractivity contribution in [2.45, 2.75) is 37.6 Å². The number of nitrogens with one attached hydrogen (secondary N) is 1. The van der Waals surface area contributed by atoms with Crippen LogP contribution < -0.4 is 10.5 Å². The van der Waals surface area contributed by atoms with E-state index in [9.17, 15) is 8.42 Å². The number of benzene rings is 1. The van der Waals surface area contributed by atoms with Crippen LogP contribution in [0.25, 0.3) is 0 Å².